The number of aryl methyl sites for hydroxylation is 1. The number of nitrogens with two attached hydrogens (primary N) is 1. The predicted molar refractivity (Wildman–Crippen MR) is 87.1 cm³/mol. The number of hydrogen-bond acceptors (Lipinski definition) is 3. The molecule has 0 radical (unpaired) electrons. The molecule has 1 heterocycles. The molecule has 1 unspecified atom stereocenters. The molecule has 21 heavy (non-hydrogen) atoms. The number of carbonyl (C=O) groups excluding carboxylic acids is 1. The Kier molecular flexibility index (Phi) is 5.62. The molecule has 1 aliphatic rings. The number of nitrogen functional groups attached to an aromatic ring is 1. The first-order chi connectivity index (χ1) is 10.1. The van der Waals surface area contributed by atoms with Crippen molar-refractivity contribution in [3.05, 3.63) is 29.8 Å². The van der Waals surface area contributed by atoms with Gasteiger partial charge in [0.15, 0.2) is 0 Å². The summed E-state index contributed by atoms with van der Waals surface area (Å²) in [6.45, 7) is 8.22. The van der Waals surface area contributed by atoms with Crippen LogP contribution in [0, 0.1) is 0 Å². The molecular weight excluding hydrogens is 262 g/mol. The van der Waals surface area contributed by atoms with Crippen molar-refractivity contribution < 1.29 is 4.79 Å². The average molecular weight is 289 g/mol. The SMILES string of the molecule is CCC(C)N1CCN(C(=O)CCc2ccc(N)cc2)CC1. The van der Waals surface area contributed by atoms with Gasteiger partial charge in [-0.1, -0.05) is 19.1 Å². The summed E-state index contributed by atoms with van der Waals surface area (Å²) in [6, 6.07) is 8.42. The highest BCUT2D eigenvalue weighted by Crippen LogP contribution is 2.12. The fourth-order valence-electron chi connectivity index (χ4n) is 2.76. The molecule has 2 N–H and O–H groups in total. The van der Waals surface area contributed by atoms with Gasteiger partial charge in [-0.3, -0.25) is 9.69 Å². The van der Waals surface area contributed by atoms with Crippen LogP contribution in [0.2, 0.25) is 0 Å². The first-order valence-electron chi connectivity index (χ1n) is 7.96. The van der Waals surface area contributed by atoms with E-state index in [1.54, 1.807) is 0 Å². The van der Waals surface area contributed by atoms with Crippen LogP contribution in [0.4, 0.5) is 5.69 Å². The van der Waals surface area contributed by atoms with Crippen LogP contribution in [0.15, 0.2) is 24.3 Å². The largest absolute Gasteiger partial charge is 0.399 e. The molecule has 0 saturated carbocycles. The maximum absolute atomic E-state index is 12.3. The second-order valence-corrected chi connectivity index (χ2v) is 5.92. The maximum atomic E-state index is 12.3. The standard InChI is InChI=1S/C17H27N3O/c1-3-14(2)19-10-12-20(13-11-19)17(21)9-6-15-4-7-16(18)8-5-15/h4-5,7-8,14H,3,6,9-13,18H2,1-2H3. The van der Waals surface area contributed by atoms with Crippen molar-refractivity contribution >= 4 is 11.6 Å². The van der Waals surface area contributed by atoms with Crippen LogP contribution >= 0.6 is 0 Å². The van der Waals surface area contributed by atoms with E-state index in [9.17, 15) is 4.79 Å². The topological polar surface area (TPSA) is 49.6 Å². The minimum atomic E-state index is 0.274. The van der Waals surface area contributed by atoms with E-state index in [0.717, 1.165) is 38.3 Å². The van der Waals surface area contributed by atoms with Gasteiger partial charge in [0.25, 0.3) is 0 Å². The third kappa shape index (κ3) is 4.46. The van der Waals surface area contributed by atoms with E-state index < -0.39 is 0 Å². The number of rotatable bonds is 5. The van der Waals surface area contributed by atoms with Crippen LogP contribution in [0.3, 0.4) is 0 Å². The van der Waals surface area contributed by atoms with Gasteiger partial charge in [-0.25, -0.2) is 0 Å². The van der Waals surface area contributed by atoms with Crippen LogP contribution in [-0.4, -0.2) is 47.9 Å². The second-order valence-electron chi connectivity index (χ2n) is 5.92. The van der Waals surface area contributed by atoms with E-state index in [2.05, 4.69) is 18.7 Å². The summed E-state index contributed by atoms with van der Waals surface area (Å²) >= 11 is 0. The first-order valence-corrected chi connectivity index (χ1v) is 7.96. The zero-order valence-electron chi connectivity index (χ0n) is 13.2. The Balaban J connectivity index is 1.76. The predicted octanol–water partition coefficient (Wildman–Crippen LogP) is 2.14. The molecule has 2 rings (SSSR count). The van der Waals surface area contributed by atoms with E-state index in [1.807, 2.05) is 29.2 Å². The van der Waals surface area contributed by atoms with Crippen LogP contribution < -0.4 is 5.73 Å². The van der Waals surface area contributed by atoms with Crippen molar-refractivity contribution in [2.24, 2.45) is 0 Å². The normalized spacial score (nSPS) is 17.7. The molecule has 0 bridgehead atoms. The highest BCUT2D eigenvalue weighted by molar-refractivity contribution is 5.76. The monoisotopic (exact) mass is 289 g/mol. The fraction of sp³-hybridized carbons (Fsp3) is 0.588. The number of carbonyl (C=O) groups is 1. The van der Waals surface area contributed by atoms with Gasteiger partial charge >= 0.3 is 0 Å². The smallest absolute Gasteiger partial charge is 0.222 e. The Bertz CT molecular complexity index is 450. The summed E-state index contributed by atoms with van der Waals surface area (Å²) in [7, 11) is 0. The Hall–Kier alpha value is -1.55. The van der Waals surface area contributed by atoms with E-state index in [1.165, 1.54) is 12.0 Å². The van der Waals surface area contributed by atoms with Gasteiger partial charge in [0, 0.05) is 44.3 Å². The van der Waals surface area contributed by atoms with Gasteiger partial charge in [0.1, 0.15) is 0 Å². The number of piperazine rings is 1. The van der Waals surface area contributed by atoms with Crippen molar-refractivity contribution in [2.45, 2.75) is 39.2 Å². The molecule has 1 saturated heterocycles. The summed E-state index contributed by atoms with van der Waals surface area (Å²) < 4.78 is 0. The minimum Gasteiger partial charge on any atom is -0.399 e. The zero-order chi connectivity index (χ0) is 15.2. The van der Waals surface area contributed by atoms with Gasteiger partial charge in [-0.15, -0.1) is 0 Å². The number of amides is 1. The fourth-order valence-corrected chi connectivity index (χ4v) is 2.76. The number of nitrogens with zero attached hydrogens (tertiary/aromatic N) is 2. The molecule has 1 atom stereocenters. The Morgan fingerprint density at radius 3 is 2.38 bits per heavy atom. The molecule has 4 nitrogen and oxygen atoms in total. The molecular formula is C17H27N3O. The molecule has 1 aromatic carbocycles. The van der Waals surface area contributed by atoms with Crippen molar-refractivity contribution in [3.8, 4) is 0 Å². The van der Waals surface area contributed by atoms with Gasteiger partial charge in [-0.2, -0.15) is 0 Å². The van der Waals surface area contributed by atoms with Crippen LogP contribution in [0.25, 0.3) is 0 Å². The van der Waals surface area contributed by atoms with E-state index in [4.69, 9.17) is 5.73 Å². The average Bonchev–Trinajstić information content (AvgIpc) is 2.53. The first kappa shape index (κ1) is 15.8. The van der Waals surface area contributed by atoms with Crippen LogP contribution in [0.5, 0.6) is 0 Å². The summed E-state index contributed by atoms with van der Waals surface area (Å²) in [5.41, 5.74) is 7.61. The Labute approximate surface area is 127 Å². The number of hydrogen-bond donors (Lipinski definition) is 1. The zero-order valence-corrected chi connectivity index (χ0v) is 13.2. The number of benzene rings is 1. The lowest BCUT2D eigenvalue weighted by atomic mass is 10.1. The van der Waals surface area contributed by atoms with Crippen LogP contribution in [-0.2, 0) is 11.2 Å². The Morgan fingerprint density at radius 1 is 1.19 bits per heavy atom. The molecule has 1 aromatic rings. The summed E-state index contributed by atoms with van der Waals surface area (Å²) in [5.74, 6) is 0.274. The third-order valence-corrected chi connectivity index (χ3v) is 4.49. The summed E-state index contributed by atoms with van der Waals surface area (Å²) in [5, 5.41) is 0. The minimum absolute atomic E-state index is 0.274. The van der Waals surface area contributed by atoms with Gasteiger partial charge in [-0.05, 0) is 37.5 Å². The Morgan fingerprint density at radius 2 is 1.81 bits per heavy atom. The van der Waals surface area contributed by atoms with Crippen LogP contribution in [0.1, 0.15) is 32.3 Å². The quantitative estimate of drug-likeness (QED) is 0.845. The maximum Gasteiger partial charge on any atom is 0.222 e. The van der Waals surface area contributed by atoms with E-state index in [0.29, 0.717) is 12.5 Å². The lowest BCUT2D eigenvalue weighted by molar-refractivity contribution is -0.133. The molecule has 0 aliphatic carbocycles. The van der Waals surface area contributed by atoms with Gasteiger partial charge in [0.05, 0.1) is 0 Å². The molecule has 0 aromatic heterocycles. The summed E-state index contributed by atoms with van der Waals surface area (Å²) in [6.07, 6.45) is 2.56. The van der Waals surface area contributed by atoms with Crippen molar-refractivity contribution in [3.63, 3.8) is 0 Å². The van der Waals surface area contributed by atoms with E-state index >= 15 is 0 Å². The van der Waals surface area contributed by atoms with E-state index in [-0.39, 0.29) is 5.91 Å². The third-order valence-electron chi connectivity index (χ3n) is 4.49. The highest BCUT2D eigenvalue weighted by Gasteiger charge is 2.22. The van der Waals surface area contributed by atoms with Gasteiger partial charge in [0.2, 0.25) is 5.91 Å². The molecule has 1 amide bonds. The molecule has 1 fully saturated rings. The molecule has 116 valence electrons. The van der Waals surface area contributed by atoms with Crippen molar-refractivity contribution in [1.29, 1.82) is 0 Å². The molecule has 0 spiro atoms. The number of anilines is 1. The molecule has 1 aliphatic heterocycles. The summed E-state index contributed by atoms with van der Waals surface area (Å²) in [4.78, 5) is 16.8. The van der Waals surface area contributed by atoms with Crippen molar-refractivity contribution in [2.75, 3.05) is 31.9 Å². The second kappa shape index (κ2) is 7.46. The van der Waals surface area contributed by atoms with Crippen molar-refractivity contribution in [1.82, 2.24) is 9.80 Å². The van der Waals surface area contributed by atoms with Gasteiger partial charge < -0.3 is 10.6 Å². The lowest BCUT2D eigenvalue weighted by Crippen LogP contribution is -2.51. The highest BCUT2D eigenvalue weighted by atomic mass is 16.2. The molecule has 4 heteroatoms. The lowest BCUT2D eigenvalue weighted by Gasteiger charge is -2.37.